The van der Waals surface area contributed by atoms with E-state index in [-0.39, 0.29) is 25.5 Å². The van der Waals surface area contributed by atoms with Crippen LogP contribution in [-0.4, -0.2) is 86.3 Å². The van der Waals surface area contributed by atoms with Crippen molar-refractivity contribution in [2.45, 2.75) is 32.2 Å². The summed E-state index contributed by atoms with van der Waals surface area (Å²) in [6.45, 7) is 3.42. The molecule has 1 amide bonds. The van der Waals surface area contributed by atoms with Crippen molar-refractivity contribution in [2.75, 3.05) is 32.8 Å². The number of aromatic nitrogens is 2. The Kier molecular flexibility index (Phi) is 14.3. The van der Waals surface area contributed by atoms with Gasteiger partial charge in [0.1, 0.15) is 0 Å². The van der Waals surface area contributed by atoms with Gasteiger partial charge in [-0.3, -0.25) is 14.4 Å². The molecule has 154 valence electrons. The number of piperidine rings is 1. The standard InChI is InChI=1S/C15H26N4O2.2CH2O2/c1-17-13-16-11-14(17)12-19(9-10-20)15(21)5-8-18-6-3-2-4-7-18;2*2-1-3/h11,13,20H,2-10,12H2,1H3;2*1H,(H,2,3). The van der Waals surface area contributed by atoms with Crippen LogP contribution < -0.4 is 0 Å². The average Bonchev–Trinajstić information content (AvgIpc) is 3.06. The first-order chi connectivity index (χ1) is 13.0. The van der Waals surface area contributed by atoms with E-state index in [0.717, 1.165) is 25.3 Å². The number of carbonyl (C=O) groups is 3. The first-order valence-corrected chi connectivity index (χ1v) is 8.75. The molecule has 0 aliphatic carbocycles. The smallest absolute Gasteiger partial charge is 0.290 e. The summed E-state index contributed by atoms with van der Waals surface area (Å²) in [5, 5.41) is 23.0. The Labute approximate surface area is 159 Å². The van der Waals surface area contributed by atoms with Crippen molar-refractivity contribution in [3.05, 3.63) is 18.2 Å². The molecule has 0 atom stereocenters. The summed E-state index contributed by atoms with van der Waals surface area (Å²) in [6, 6.07) is 0. The number of aliphatic hydroxyl groups is 1. The molecule has 0 bridgehead atoms. The van der Waals surface area contributed by atoms with Gasteiger partial charge in [-0.15, -0.1) is 0 Å². The van der Waals surface area contributed by atoms with Crippen molar-refractivity contribution in [3.8, 4) is 0 Å². The molecule has 27 heavy (non-hydrogen) atoms. The highest BCUT2D eigenvalue weighted by Crippen LogP contribution is 2.10. The predicted molar refractivity (Wildman–Crippen MR) is 98.0 cm³/mol. The number of imidazole rings is 1. The first kappa shape index (κ1) is 24.5. The highest BCUT2D eigenvalue weighted by Gasteiger charge is 2.17. The quantitative estimate of drug-likeness (QED) is 0.558. The van der Waals surface area contributed by atoms with Crippen LogP contribution >= 0.6 is 0 Å². The molecule has 0 spiro atoms. The van der Waals surface area contributed by atoms with Crippen LogP contribution in [0, 0.1) is 0 Å². The molecule has 3 N–H and O–H groups in total. The number of carbonyl (C=O) groups excluding carboxylic acids is 1. The third-order valence-corrected chi connectivity index (χ3v) is 4.08. The minimum Gasteiger partial charge on any atom is -0.483 e. The van der Waals surface area contributed by atoms with Crippen molar-refractivity contribution in [3.63, 3.8) is 0 Å². The molecule has 1 aromatic heterocycles. The lowest BCUT2D eigenvalue weighted by Crippen LogP contribution is -2.37. The summed E-state index contributed by atoms with van der Waals surface area (Å²) < 4.78 is 1.91. The monoisotopic (exact) mass is 386 g/mol. The van der Waals surface area contributed by atoms with Crippen molar-refractivity contribution in [1.29, 1.82) is 0 Å². The zero-order chi connectivity index (χ0) is 20.5. The summed E-state index contributed by atoms with van der Waals surface area (Å²) in [7, 11) is 1.91. The number of rotatable bonds is 7. The third kappa shape index (κ3) is 11.0. The fourth-order valence-electron chi connectivity index (χ4n) is 2.74. The van der Waals surface area contributed by atoms with E-state index >= 15 is 0 Å². The minimum atomic E-state index is -0.250. The van der Waals surface area contributed by atoms with Gasteiger partial charge in [0.15, 0.2) is 0 Å². The number of hydrogen-bond donors (Lipinski definition) is 3. The van der Waals surface area contributed by atoms with Crippen LogP contribution in [0.3, 0.4) is 0 Å². The first-order valence-electron chi connectivity index (χ1n) is 8.75. The SMILES string of the molecule is Cn1cncc1CN(CCO)C(=O)CCN1CCCCC1.O=CO.O=CO. The van der Waals surface area contributed by atoms with Gasteiger partial charge in [-0.1, -0.05) is 6.42 Å². The molecule has 1 aliphatic heterocycles. The molecule has 0 aromatic carbocycles. The maximum Gasteiger partial charge on any atom is 0.290 e. The molecular formula is C17H30N4O6. The third-order valence-electron chi connectivity index (χ3n) is 4.08. The molecule has 1 saturated heterocycles. The number of carboxylic acid groups (broad SMARTS) is 2. The summed E-state index contributed by atoms with van der Waals surface area (Å²) in [5.74, 6) is 0.107. The van der Waals surface area contributed by atoms with Gasteiger partial charge in [-0.2, -0.15) is 0 Å². The van der Waals surface area contributed by atoms with Crippen molar-refractivity contribution in [1.82, 2.24) is 19.4 Å². The average molecular weight is 386 g/mol. The lowest BCUT2D eigenvalue weighted by Gasteiger charge is -2.28. The Morgan fingerprint density at radius 2 is 1.81 bits per heavy atom. The summed E-state index contributed by atoms with van der Waals surface area (Å²) >= 11 is 0. The second-order valence-corrected chi connectivity index (χ2v) is 5.90. The molecule has 10 nitrogen and oxygen atoms in total. The molecule has 0 unspecified atom stereocenters. The van der Waals surface area contributed by atoms with Crippen molar-refractivity contribution >= 4 is 18.9 Å². The second kappa shape index (κ2) is 15.8. The van der Waals surface area contributed by atoms with Gasteiger partial charge in [0.25, 0.3) is 12.9 Å². The zero-order valence-corrected chi connectivity index (χ0v) is 15.7. The Hall–Kier alpha value is -2.46. The normalized spacial score (nSPS) is 13.4. The fourth-order valence-corrected chi connectivity index (χ4v) is 2.74. The lowest BCUT2D eigenvalue weighted by atomic mass is 10.1. The van der Waals surface area contributed by atoms with Crippen molar-refractivity contribution < 1.29 is 29.7 Å². The van der Waals surface area contributed by atoms with Crippen LogP contribution in [0.25, 0.3) is 0 Å². The van der Waals surface area contributed by atoms with Crippen LogP contribution in [0.15, 0.2) is 12.5 Å². The van der Waals surface area contributed by atoms with Gasteiger partial charge in [-0.05, 0) is 25.9 Å². The van der Waals surface area contributed by atoms with Crippen LogP contribution in [0.5, 0.6) is 0 Å². The topological polar surface area (TPSA) is 136 Å². The Morgan fingerprint density at radius 1 is 1.22 bits per heavy atom. The molecule has 2 heterocycles. The molecule has 1 fully saturated rings. The van der Waals surface area contributed by atoms with E-state index in [2.05, 4.69) is 9.88 Å². The lowest BCUT2D eigenvalue weighted by molar-refractivity contribution is -0.133. The van der Waals surface area contributed by atoms with E-state index in [9.17, 15) is 9.90 Å². The van der Waals surface area contributed by atoms with Crippen LogP contribution in [0.2, 0.25) is 0 Å². The van der Waals surface area contributed by atoms with Gasteiger partial charge < -0.3 is 29.7 Å². The highest BCUT2D eigenvalue weighted by atomic mass is 16.3. The minimum absolute atomic E-state index is 0.00664. The number of amides is 1. The largest absolute Gasteiger partial charge is 0.483 e. The van der Waals surface area contributed by atoms with Crippen LogP contribution in [-0.2, 0) is 28.0 Å². The van der Waals surface area contributed by atoms with Crippen molar-refractivity contribution in [2.24, 2.45) is 7.05 Å². The van der Waals surface area contributed by atoms with Gasteiger partial charge in [0.05, 0.1) is 25.2 Å². The summed E-state index contributed by atoms with van der Waals surface area (Å²) in [6.07, 6.45) is 7.81. The van der Waals surface area contributed by atoms with E-state index in [1.165, 1.54) is 19.3 Å². The number of aryl methyl sites for hydroxylation is 1. The molecule has 0 saturated carbocycles. The molecule has 1 aliphatic rings. The number of hydrogen-bond acceptors (Lipinski definition) is 6. The maximum absolute atomic E-state index is 12.4. The zero-order valence-electron chi connectivity index (χ0n) is 15.7. The van der Waals surface area contributed by atoms with E-state index < -0.39 is 0 Å². The van der Waals surface area contributed by atoms with Gasteiger partial charge in [0.2, 0.25) is 5.91 Å². The fraction of sp³-hybridized carbons (Fsp3) is 0.647. The Balaban J connectivity index is 0.000000997. The van der Waals surface area contributed by atoms with Gasteiger partial charge in [-0.25, -0.2) is 4.98 Å². The van der Waals surface area contributed by atoms with E-state index in [0.29, 0.717) is 19.5 Å². The van der Waals surface area contributed by atoms with E-state index in [4.69, 9.17) is 19.8 Å². The Morgan fingerprint density at radius 3 is 2.30 bits per heavy atom. The molecule has 10 heteroatoms. The second-order valence-electron chi connectivity index (χ2n) is 5.90. The van der Waals surface area contributed by atoms with E-state index in [1.807, 2.05) is 11.6 Å². The van der Waals surface area contributed by atoms with Gasteiger partial charge >= 0.3 is 0 Å². The predicted octanol–water partition coefficient (Wildman–Crippen LogP) is 0.0186. The molecule has 0 radical (unpaired) electrons. The number of likely N-dealkylation sites (tertiary alicyclic amines) is 1. The van der Waals surface area contributed by atoms with Gasteiger partial charge in [0, 0.05) is 32.8 Å². The molecule has 2 rings (SSSR count). The van der Waals surface area contributed by atoms with E-state index in [1.54, 1.807) is 17.4 Å². The molecule has 1 aromatic rings. The highest BCUT2D eigenvalue weighted by molar-refractivity contribution is 5.76. The number of aliphatic hydroxyl groups excluding tert-OH is 1. The van der Waals surface area contributed by atoms with Crippen LogP contribution in [0.1, 0.15) is 31.4 Å². The maximum atomic E-state index is 12.4. The number of nitrogens with zero attached hydrogens (tertiary/aromatic N) is 4. The molecular weight excluding hydrogens is 356 g/mol. The van der Waals surface area contributed by atoms with Crippen LogP contribution in [0.4, 0.5) is 0 Å². The summed E-state index contributed by atoms with van der Waals surface area (Å²) in [4.78, 5) is 37.2. The Bertz CT molecular complexity index is 525. The summed E-state index contributed by atoms with van der Waals surface area (Å²) in [5.41, 5.74) is 0.981.